The highest BCUT2D eigenvalue weighted by Crippen LogP contribution is 2.30. The van der Waals surface area contributed by atoms with E-state index >= 15 is 0 Å². The molecular weight excluding hydrogens is 653 g/mol. The highest BCUT2D eigenvalue weighted by molar-refractivity contribution is 7.92. The van der Waals surface area contributed by atoms with Gasteiger partial charge in [-0.15, -0.1) is 0 Å². The summed E-state index contributed by atoms with van der Waals surface area (Å²) in [4.78, 5) is 29.7. The van der Waals surface area contributed by atoms with Gasteiger partial charge in [0.25, 0.3) is 10.0 Å². The van der Waals surface area contributed by atoms with Gasteiger partial charge in [0.05, 0.1) is 20.6 Å². The van der Waals surface area contributed by atoms with E-state index in [0.29, 0.717) is 44.8 Å². The van der Waals surface area contributed by atoms with Gasteiger partial charge in [-0.3, -0.25) is 13.9 Å². The van der Waals surface area contributed by atoms with Gasteiger partial charge < -0.3 is 10.2 Å². The summed E-state index contributed by atoms with van der Waals surface area (Å²) in [6.45, 7) is 3.48. The second-order valence-corrected chi connectivity index (χ2v) is 13.6. The summed E-state index contributed by atoms with van der Waals surface area (Å²) in [5.41, 5.74) is 2.32. The highest BCUT2D eigenvalue weighted by Gasteiger charge is 2.35. The first-order valence-electron chi connectivity index (χ1n) is 14.4. The molecule has 11 heteroatoms. The van der Waals surface area contributed by atoms with Gasteiger partial charge in [-0.2, -0.15) is 0 Å². The van der Waals surface area contributed by atoms with Crippen molar-refractivity contribution in [1.82, 2.24) is 10.2 Å². The average molecular weight is 687 g/mol. The van der Waals surface area contributed by atoms with E-state index in [4.69, 9.17) is 34.8 Å². The van der Waals surface area contributed by atoms with E-state index in [2.05, 4.69) is 5.32 Å². The van der Waals surface area contributed by atoms with E-state index in [9.17, 15) is 18.0 Å². The lowest BCUT2D eigenvalue weighted by Gasteiger charge is -2.34. The molecule has 0 bridgehead atoms. The van der Waals surface area contributed by atoms with Gasteiger partial charge in [-0.05, 0) is 72.5 Å². The Morgan fingerprint density at radius 1 is 0.822 bits per heavy atom. The number of halogens is 3. The van der Waals surface area contributed by atoms with Crippen LogP contribution in [-0.4, -0.2) is 44.3 Å². The summed E-state index contributed by atoms with van der Waals surface area (Å²) in [5.74, 6) is -0.934. The lowest BCUT2D eigenvalue weighted by molar-refractivity contribution is -0.140. The molecule has 1 atom stereocenters. The minimum atomic E-state index is -4.22. The van der Waals surface area contributed by atoms with Crippen LogP contribution in [0.4, 0.5) is 5.69 Å². The van der Waals surface area contributed by atoms with Crippen LogP contribution in [0, 0.1) is 6.92 Å². The molecule has 236 valence electrons. The SMILES string of the molecule is CCCNC(=O)C(Cc1ccccc1)N(Cc1ccc(Cl)c(Cl)c1)C(=O)CN(c1ccc(Cl)cc1C)S(=O)(=O)c1ccccc1. The molecule has 2 amide bonds. The number of hydrogen-bond acceptors (Lipinski definition) is 4. The number of aryl methyl sites for hydroxylation is 1. The summed E-state index contributed by atoms with van der Waals surface area (Å²) < 4.78 is 29.3. The third-order valence-corrected chi connectivity index (χ3v) is 9.94. The summed E-state index contributed by atoms with van der Waals surface area (Å²) in [5, 5.41) is 3.99. The van der Waals surface area contributed by atoms with Crippen molar-refractivity contribution < 1.29 is 18.0 Å². The number of hydrogen-bond donors (Lipinski definition) is 1. The topological polar surface area (TPSA) is 86.8 Å². The molecule has 0 fully saturated rings. The Bertz CT molecular complexity index is 1740. The summed E-state index contributed by atoms with van der Waals surface area (Å²) >= 11 is 18.7. The number of carbonyl (C=O) groups excluding carboxylic acids is 2. The zero-order valence-corrected chi connectivity index (χ0v) is 28.0. The maximum atomic E-state index is 14.5. The van der Waals surface area contributed by atoms with Gasteiger partial charge in [0.15, 0.2) is 0 Å². The predicted octanol–water partition coefficient (Wildman–Crippen LogP) is 7.32. The third-order valence-electron chi connectivity index (χ3n) is 7.19. The molecule has 0 spiro atoms. The summed E-state index contributed by atoms with van der Waals surface area (Å²) in [6.07, 6.45) is 0.901. The van der Waals surface area contributed by atoms with Crippen LogP contribution in [0.1, 0.15) is 30.0 Å². The number of benzene rings is 4. The Kier molecular flexibility index (Phi) is 11.9. The predicted molar refractivity (Wildman–Crippen MR) is 181 cm³/mol. The molecule has 7 nitrogen and oxygen atoms in total. The Balaban J connectivity index is 1.82. The lowest BCUT2D eigenvalue weighted by atomic mass is 10.0. The number of carbonyl (C=O) groups is 2. The fraction of sp³-hybridized carbons (Fsp3) is 0.235. The van der Waals surface area contributed by atoms with Gasteiger partial charge in [0, 0.05) is 24.5 Å². The van der Waals surface area contributed by atoms with Crippen LogP contribution in [0.15, 0.2) is 102 Å². The monoisotopic (exact) mass is 685 g/mol. The van der Waals surface area contributed by atoms with E-state index in [1.165, 1.54) is 17.0 Å². The van der Waals surface area contributed by atoms with Gasteiger partial charge in [-0.25, -0.2) is 8.42 Å². The van der Waals surface area contributed by atoms with Crippen LogP contribution < -0.4 is 9.62 Å². The zero-order valence-electron chi connectivity index (χ0n) is 24.9. The highest BCUT2D eigenvalue weighted by atomic mass is 35.5. The molecule has 1 N–H and O–H groups in total. The second kappa shape index (κ2) is 15.6. The standard InChI is InChI=1S/C34H34Cl3N3O4S/c1-3-18-38-34(42)32(21-25-10-6-4-7-11-25)39(22-26-14-16-29(36)30(37)20-26)33(41)23-40(31-17-15-27(35)19-24(31)2)45(43,44)28-12-8-5-9-13-28/h4-17,19-20,32H,3,18,21-23H2,1-2H3,(H,38,42). The van der Waals surface area contributed by atoms with Gasteiger partial charge in [-0.1, -0.05) is 96.3 Å². The smallest absolute Gasteiger partial charge is 0.264 e. The first-order valence-corrected chi connectivity index (χ1v) is 17.0. The molecule has 0 heterocycles. The summed E-state index contributed by atoms with van der Waals surface area (Å²) in [7, 11) is -4.22. The first-order chi connectivity index (χ1) is 21.5. The number of amides is 2. The van der Waals surface area contributed by atoms with Crippen molar-refractivity contribution in [3.8, 4) is 0 Å². The molecule has 4 rings (SSSR count). The van der Waals surface area contributed by atoms with Gasteiger partial charge in [0.2, 0.25) is 11.8 Å². The van der Waals surface area contributed by atoms with Crippen molar-refractivity contribution in [2.24, 2.45) is 0 Å². The van der Waals surface area contributed by atoms with E-state index in [1.807, 2.05) is 37.3 Å². The molecule has 0 aliphatic carbocycles. The molecule has 0 aliphatic rings. The molecule has 4 aromatic rings. The Hall–Kier alpha value is -3.56. The Morgan fingerprint density at radius 2 is 1.49 bits per heavy atom. The molecule has 1 unspecified atom stereocenters. The van der Waals surface area contributed by atoms with E-state index < -0.39 is 28.5 Å². The van der Waals surface area contributed by atoms with Crippen molar-refractivity contribution in [2.45, 2.75) is 44.2 Å². The van der Waals surface area contributed by atoms with Gasteiger partial charge >= 0.3 is 0 Å². The largest absolute Gasteiger partial charge is 0.354 e. The minimum absolute atomic E-state index is 0.0182. The van der Waals surface area contributed by atoms with Crippen molar-refractivity contribution in [3.63, 3.8) is 0 Å². The van der Waals surface area contributed by atoms with Crippen LogP contribution >= 0.6 is 34.8 Å². The van der Waals surface area contributed by atoms with Gasteiger partial charge in [0.1, 0.15) is 12.6 Å². The molecule has 4 aromatic carbocycles. The van der Waals surface area contributed by atoms with E-state index in [-0.39, 0.29) is 23.8 Å². The van der Waals surface area contributed by atoms with Crippen molar-refractivity contribution >= 4 is 62.3 Å². The molecule has 0 saturated carbocycles. The Morgan fingerprint density at radius 3 is 2.11 bits per heavy atom. The van der Waals surface area contributed by atoms with Crippen LogP contribution in [0.3, 0.4) is 0 Å². The van der Waals surface area contributed by atoms with Crippen molar-refractivity contribution in [3.05, 3.63) is 129 Å². The second-order valence-electron chi connectivity index (χ2n) is 10.5. The van der Waals surface area contributed by atoms with Crippen LogP contribution in [0.25, 0.3) is 0 Å². The quantitative estimate of drug-likeness (QED) is 0.160. The minimum Gasteiger partial charge on any atom is -0.354 e. The number of nitrogens with zero attached hydrogens (tertiary/aromatic N) is 2. The molecule has 0 radical (unpaired) electrons. The Labute approximate surface area is 279 Å². The number of sulfonamides is 1. The van der Waals surface area contributed by atoms with E-state index in [0.717, 1.165) is 9.87 Å². The third kappa shape index (κ3) is 8.79. The fourth-order valence-corrected chi connectivity index (χ4v) is 6.93. The molecule has 0 saturated heterocycles. The molecule has 45 heavy (non-hydrogen) atoms. The van der Waals surface area contributed by atoms with Crippen molar-refractivity contribution in [1.29, 1.82) is 0 Å². The number of rotatable bonds is 13. The van der Waals surface area contributed by atoms with E-state index in [1.54, 1.807) is 61.5 Å². The van der Waals surface area contributed by atoms with Crippen molar-refractivity contribution in [2.75, 3.05) is 17.4 Å². The fourth-order valence-electron chi connectivity index (χ4n) is 4.89. The maximum Gasteiger partial charge on any atom is 0.264 e. The lowest BCUT2D eigenvalue weighted by Crippen LogP contribution is -2.53. The summed E-state index contributed by atoms with van der Waals surface area (Å²) in [6, 6.07) is 26.0. The number of anilines is 1. The van der Waals surface area contributed by atoms with Crippen LogP contribution in [0.2, 0.25) is 15.1 Å². The normalized spacial score (nSPS) is 11.9. The maximum absolute atomic E-state index is 14.5. The zero-order chi connectivity index (χ0) is 32.6. The van der Waals surface area contributed by atoms with Crippen LogP contribution in [-0.2, 0) is 32.6 Å². The average Bonchev–Trinajstić information content (AvgIpc) is 3.03. The van der Waals surface area contributed by atoms with Crippen LogP contribution in [0.5, 0.6) is 0 Å². The molecule has 0 aromatic heterocycles. The number of nitrogens with one attached hydrogen (secondary N) is 1. The first kappa shape index (κ1) is 34.3. The molecular formula is C34H34Cl3N3O4S. The molecule has 0 aliphatic heterocycles.